The van der Waals surface area contributed by atoms with Gasteiger partial charge in [-0.3, -0.25) is 0 Å². The summed E-state index contributed by atoms with van der Waals surface area (Å²) in [7, 11) is -2.71. The van der Waals surface area contributed by atoms with Crippen LogP contribution in [0.25, 0.3) is 0 Å². The minimum atomic E-state index is -2.71. The maximum absolute atomic E-state index is 6.80. The minimum absolute atomic E-state index is 0.195. The van der Waals surface area contributed by atoms with Gasteiger partial charge in [-0.1, -0.05) is 46.4 Å². The highest BCUT2D eigenvalue weighted by Gasteiger charge is 2.81. The number of allylic oxidation sites excluding steroid dienone is 2. The first-order valence-corrected chi connectivity index (χ1v) is 11.3. The third-order valence-electron chi connectivity index (χ3n) is 4.28. The Bertz CT molecular complexity index is 478. The zero-order chi connectivity index (χ0) is 16.3. The molecule has 0 aromatic heterocycles. The molecular weight excluding hydrogens is 417 g/mol. The smallest absolute Gasteiger partial charge is 0.340 e. The molecule has 0 N–H and O–H groups in total. The first kappa shape index (κ1) is 18.9. The van der Waals surface area contributed by atoms with Crippen LogP contribution in [-0.2, 0) is 8.85 Å². The van der Waals surface area contributed by atoms with Gasteiger partial charge in [0, 0.05) is 18.8 Å². The van der Waals surface area contributed by atoms with Crippen molar-refractivity contribution in [1.82, 2.24) is 0 Å². The highest BCUT2D eigenvalue weighted by molar-refractivity contribution is 6.74. The molecule has 0 aromatic rings. The Morgan fingerprint density at radius 1 is 1.05 bits per heavy atom. The number of hydrogen-bond donors (Lipinski definition) is 0. The zero-order valence-electron chi connectivity index (χ0n) is 11.8. The van der Waals surface area contributed by atoms with E-state index >= 15 is 0 Å². The molecule has 0 radical (unpaired) electrons. The maximum atomic E-state index is 6.80. The molecule has 0 saturated heterocycles. The summed E-state index contributed by atoms with van der Waals surface area (Å²) in [5.41, 5.74) is -0.311. The van der Waals surface area contributed by atoms with Crippen LogP contribution in [0.1, 0.15) is 20.3 Å². The summed E-state index contributed by atoms with van der Waals surface area (Å²) in [5.74, 6) is 0. The molecule has 0 heterocycles. The largest absolute Gasteiger partial charge is 0.394 e. The molecule has 1 fully saturated rings. The van der Waals surface area contributed by atoms with Crippen LogP contribution in [0, 0.1) is 0 Å². The zero-order valence-corrected chi connectivity index (χ0v) is 17.3. The summed E-state index contributed by atoms with van der Waals surface area (Å²) < 4.78 is 10.3. The molecule has 0 spiro atoms. The highest BCUT2D eigenvalue weighted by atomic mass is 35.5. The average Bonchev–Trinajstić information content (AvgIpc) is 2.61. The first-order chi connectivity index (χ1) is 9.53. The van der Waals surface area contributed by atoms with Gasteiger partial charge in [0.05, 0.1) is 10.1 Å². The van der Waals surface area contributed by atoms with E-state index in [0.717, 1.165) is 0 Å². The fraction of sp³-hybridized carbons (Fsp3) is 0.833. The number of rotatable bonds is 5. The van der Waals surface area contributed by atoms with Crippen molar-refractivity contribution in [2.24, 2.45) is 0 Å². The van der Waals surface area contributed by atoms with E-state index in [0.29, 0.717) is 19.6 Å². The van der Waals surface area contributed by atoms with Crippen LogP contribution >= 0.6 is 69.6 Å². The lowest BCUT2D eigenvalue weighted by Gasteiger charge is -2.41. The standard InChI is InChI=1S/C12H16Cl6O2Si/c1-4-19-21(3,20-5-2)7-6-10(15)8(13)9(14)11(7,16)12(10,17)18/h7H,4-6H2,1-3H3. The Morgan fingerprint density at radius 3 is 1.86 bits per heavy atom. The van der Waals surface area contributed by atoms with Crippen molar-refractivity contribution < 1.29 is 8.85 Å². The summed E-state index contributed by atoms with van der Waals surface area (Å²) in [6.45, 7) is 6.71. The SMILES string of the molecule is CCO[Si](C)(OCC)C1CC2(Cl)C(Cl)=C(Cl)C1(Cl)C2(Cl)Cl. The van der Waals surface area contributed by atoms with Crippen molar-refractivity contribution in [3.8, 4) is 0 Å². The topological polar surface area (TPSA) is 18.5 Å². The van der Waals surface area contributed by atoms with E-state index in [1.165, 1.54) is 0 Å². The molecular formula is C12H16Cl6O2Si. The van der Waals surface area contributed by atoms with Crippen LogP contribution in [0.4, 0.5) is 0 Å². The summed E-state index contributed by atoms with van der Waals surface area (Å²) in [4.78, 5) is -2.52. The molecule has 3 atom stereocenters. The van der Waals surface area contributed by atoms with Crippen molar-refractivity contribution >= 4 is 78.2 Å². The van der Waals surface area contributed by atoms with Gasteiger partial charge in [-0.15, -0.1) is 23.2 Å². The van der Waals surface area contributed by atoms with Crippen LogP contribution in [0.5, 0.6) is 0 Å². The summed E-state index contributed by atoms with van der Waals surface area (Å²) >= 11 is 39.0. The fourth-order valence-corrected chi connectivity index (χ4v) is 10.3. The van der Waals surface area contributed by atoms with Crippen molar-refractivity contribution in [1.29, 1.82) is 0 Å². The number of halogens is 6. The van der Waals surface area contributed by atoms with E-state index < -0.39 is 22.6 Å². The minimum Gasteiger partial charge on any atom is -0.394 e. The molecule has 2 bridgehead atoms. The lowest BCUT2D eigenvalue weighted by atomic mass is 10.1. The van der Waals surface area contributed by atoms with E-state index in [9.17, 15) is 0 Å². The van der Waals surface area contributed by atoms with E-state index in [1.54, 1.807) is 0 Å². The molecule has 9 heteroatoms. The Hall–Kier alpha value is 1.62. The van der Waals surface area contributed by atoms with Gasteiger partial charge >= 0.3 is 8.56 Å². The van der Waals surface area contributed by atoms with E-state index in [1.807, 2.05) is 20.4 Å². The third-order valence-corrected chi connectivity index (χ3v) is 12.4. The van der Waals surface area contributed by atoms with Crippen LogP contribution in [-0.4, -0.2) is 35.9 Å². The Morgan fingerprint density at radius 2 is 1.52 bits per heavy atom. The van der Waals surface area contributed by atoms with Crippen molar-refractivity contribution in [2.75, 3.05) is 13.2 Å². The van der Waals surface area contributed by atoms with Crippen LogP contribution < -0.4 is 0 Å². The molecule has 3 unspecified atom stereocenters. The Labute approximate surface area is 156 Å². The quantitative estimate of drug-likeness (QED) is 0.407. The lowest BCUT2D eigenvalue weighted by Crippen LogP contribution is -2.53. The van der Waals surface area contributed by atoms with Gasteiger partial charge in [0.2, 0.25) is 0 Å². The van der Waals surface area contributed by atoms with Gasteiger partial charge in [-0.2, -0.15) is 0 Å². The van der Waals surface area contributed by atoms with E-state index in [-0.39, 0.29) is 15.6 Å². The van der Waals surface area contributed by atoms with Gasteiger partial charge in [-0.25, -0.2) is 0 Å². The molecule has 2 nitrogen and oxygen atoms in total. The number of fused-ring (bicyclic) bond motifs is 2. The second kappa shape index (κ2) is 5.85. The van der Waals surface area contributed by atoms with Gasteiger partial charge in [0.1, 0.15) is 9.75 Å². The predicted octanol–water partition coefficient (Wildman–Crippen LogP) is 5.74. The fourth-order valence-electron chi connectivity index (χ4n) is 3.27. The molecule has 0 aliphatic heterocycles. The van der Waals surface area contributed by atoms with Gasteiger partial charge < -0.3 is 8.85 Å². The Kier molecular flexibility index (Phi) is 5.28. The highest BCUT2D eigenvalue weighted by Crippen LogP contribution is 2.77. The molecule has 1 saturated carbocycles. The molecule has 0 aromatic carbocycles. The van der Waals surface area contributed by atoms with Crippen LogP contribution in [0.2, 0.25) is 12.1 Å². The molecule has 2 aliphatic carbocycles. The normalized spacial score (nSPS) is 38.4. The third kappa shape index (κ3) is 2.26. The van der Waals surface area contributed by atoms with Gasteiger partial charge in [0.15, 0.2) is 4.33 Å². The van der Waals surface area contributed by atoms with Crippen molar-refractivity contribution in [2.45, 2.75) is 46.4 Å². The molecule has 2 aliphatic rings. The van der Waals surface area contributed by atoms with Gasteiger partial charge in [0.25, 0.3) is 0 Å². The summed E-state index contributed by atoms with van der Waals surface area (Å²) in [5, 5.41) is 0.409. The molecule has 122 valence electrons. The van der Waals surface area contributed by atoms with Crippen molar-refractivity contribution in [3.63, 3.8) is 0 Å². The lowest BCUT2D eigenvalue weighted by molar-refractivity contribution is 0.175. The number of alkyl halides is 4. The van der Waals surface area contributed by atoms with E-state index in [2.05, 4.69) is 0 Å². The molecule has 2 rings (SSSR count). The predicted molar refractivity (Wildman–Crippen MR) is 93.6 cm³/mol. The molecule has 21 heavy (non-hydrogen) atoms. The first-order valence-electron chi connectivity index (χ1n) is 6.62. The van der Waals surface area contributed by atoms with Crippen molar-refractivity contribution in [3.05, 3.63) is 10.1 Å². The van der Waals surface area contributed by atoms with Crippen LogP contribution in [0.3, 0.4) is 0 Å². The van der Waals surface area contributed by atoms with Gasteiger partial charge in [-0.05, 0) is 26.8 Å². The Balaban J connectivity index is 2.55. The summed E-state index contributed by atoms with van der Waals surface area (Å²) in [6, 6.07) is 0. The average molecular weight is 433 g/mol. The number of hydrogen-bond acceptors (Lipinski definition) is 2. The van der Waals surface area contributed by atoms with Crippen LogP contribution in [0.15, 0.2) is 10.1 Å². The molecule has 0 amide bonds. The summed E-state index contributed by atoms with van der Waals surface area (Å²) in [6.07, 6.45) is 0.364. The second-order valence-corrected chi connectivity index (χ2v) is 12.0. The maximum Gasteiger partial charge on any atom is 0.340 e. The monoisotopic (exact) mass is 430 g/mol. The second-order valence-electron chi connectivity index (χ2n) is 5.35. The van der Waals surface area contributed by atoms with E-state index in [4.69, 9.17) is 78.5 Å².